The van der Waals surface area contributed by atoms with E-state index >= 15 is 0 Å². The molecule has 1 fully saturated rings. The Hall–Kier alpha value is -4.65. The van der Waals surface area contributed by atoms with Crippen LogP contribution < -0.4 is 29.7 Å². The van der Waals surface area contributed by atoms with Gasteiger partial charge in [0.1, 0.15) is 5.69 Å². The van der Waals surface area contributed by atoms with Crippen LogP contribution in [0, 0.1) is 11.8 Å². The number of nitrogens with one attached hydrogen (secondary N) is 3. The number of H-pyrrole nitrogens is 1. The maximum absolute atomic E-state index is 12.5. The number of nitrogens with zero attached hydrogens (tertiary/aromatic N) is 2. The molecule has 2 aromatic carbocycles. The number of aromatic amines is 1. The van der Waals surface area contributed by atoms with Gasteiger partial charge in [0.2, 0.25) is 5.75 Å². The minimum absolute atomic E-state index is 0.0984. The highest BCUT2D eigenvalue weighted by Gasteiger charge is 2.20. The van der Waals surface area contributed by atoms with Gasteiger partial charge >= 0.3 is 6.03 Å². The lowest BCUT2D eigenvalue weighted by Crippen LogP contribution is -2.27. The minimum Gasteiger partial charge on any atom is -0.493 e. The summed E-state index contributed by atoms with van der Waals surface area (Å²) in [6, 6.07) is 12.4. The number of anilines is 1. The number of rotatable bonds is 7. The number of methoxy groups -OCH3 is 3. The van der Waals surface area contributed by atoms with Crippen LogP contribution in [-0.4, -0.2) is 63.1 Å². The minimum atomic E-state index is -0.333. The summed E-state index contributed by atoms with van der Waals surface area (Å²) < 4.78 is 16.1. The zero-order valence-corrected chi connectivity index (χ0v) is 19.6. The van der Waals surface area contributed by atoms with Crippen LogP contribution in [0.5, 0.6) is 17.2 Å². The number of amides is 3. The van der Waals surface area contributed by atoms with E-state index < -0.39 is 0 Å². The first-order chi connectivity index (χ1) is 17.0. The van der Waals surface area contributed by atoms with Gasteiger partial charge in [-0.15, -0.1) is 0 Å². The standard InChI is InChI=1S/C25H25N5O5/c1-33-21-13-17(14-22(34-2)23(21)35-3)19-15-20(29-28-19)24(31)26-10-4-5-16-6-8-18(9-7-16)30-12-11-27-25(30)32/h6-9,13-15H,10-12H2,1-3H3,(H,26,31)(H,27,32)(H,28,29). The van der Waals surface area contributed by atoms with Gasteiger partial charge in [-0.25, -0.2) is 4.79 Å². The number of aromatic nitrogens is 2. The normalized spacial score (nSPS) is 12.4. The van der Waals surface area contributed by atoms with Crippen LogP contribution in [0.4, 0.5) is 10.5 Å². The second-order valence-corrected chi connectivity index (χ2v) is 7.50. The Morgan fingerprint density at radius 2 is 1.80 bits per heavy atom. The van der Waals surface area contributed by atoms with Crippen molar-refractivity contribution in [3.05, 3.63) is 53.7 Å². The molecule has 35 heavy (non-hydrogen) atoms. The lowest BCUT2D eigenvalue weighted by molar-refractivity contribution is 0.0953. The maximum Gasteiger partial charge on any atom is 0.321 e. The van der Waals surface area contributed by atoms with Crippen molar-refractivity contribution in [1.29, 1.82) is 0 Å². The number of hydrogen-bond acceptors (Lipinski definition) is 6. The summed E-state index contributed by atoms with van der Waals surface area (Å²) in [5.41, 5.74) is 3.15. The van der Waals surface area contributed by atoms with E-state index in [1.165, 1.54) is 21.3 Å². The number of carbonyl (C=O) groups excluding carboxylic acids is 2. The molecule has 1 aliphatic rings. The second-order valence-electron chi connectivity index (χ2n) is 7.50. The molecule has 10 heteroatoms. The fourth-order valence-corrected chi connectivity index (χ4v) is 3.62. The molecule has 3 aromatic rings. The van der Waals surface area contributed by atoms with Crippen LogP contribution in [0.25, 0.3) is 11.3 Å². The molecule has 0 unspecified atom stereocenters. The van der Waals surface area contributed by atoms with Crippen LogP contribution in [0.1, 0.15) is 16.1 Å². The molecule has 1 aromatic heterocycles. The Kier molecular flexibility index (Phi) is 7.07. The molecular formula is C25H25N5O5. The molecule has 0 spiro atoms. The van der Waals surface area contributed by atoms with Crippen LogP contribution >= 0.6 is 0 Å². The van der Waals surface area contributed by atoms with E-state index in [1.807, 2.05) is 24.3 Å². The molecule has 1 saturated heterocycles. The van der Waals surface area contributed by atoms with Crippen molar-refractivity contribution in [3.63, 3.8) is 0 Å². The second kappa shape index (κ2) is 10.5. The molecule has 1 aliphatic heterocycles. The van der Waals surface area contributed by atoms with Crippen LogP contribution in [0.15, 0.2) is 42.5 Å². The van der Waals surface area contributed by atoms with Crippen molar-refractivity contribution in [2.75, 3.05) is 45.9 Å². The van der Waals surface area contributed by atoms with E-state index in [0.29, 0.717) is 47.3 Å². The van der Waals surface area contributed by atoms with Gasteiger partial charge in [0.15, 0.2) is 11.5 Å². The fraction of sp³-hybridized carbons (Fsp3) is 0.240. The molecule has 0 radical (unpaired) electrons. The van der Waals surface area contributed by atoms with Crippen LogP contribution in [0.3, 0.4) is 0 Å². The SMILES string of the molecule is COc1cc(-c2cc(C(=O)NCC#Cc3ccc(N4CCNC4=O)cc3)[nH]n2)cc(OC)c1OC. The first-order valence-electron chi connectivity index (χ1n) is 10.8. The van der Waals surface area contributed by atoms with E-state index in [2.05, 4.69) is 32.7 Å². The molecule has 0 bridgehead atoms. The first-order valence-corrected chi connectivity index (χ1v) is 10.8. The summed E-state index contributed by atoms with van der Waals surface area (Å²) in [4.78, 5) is 25.9. The van der Waals surface area contributed by atoms with Crippen molar-refractivity contribution < 1.29 is 23.8 Å². The van der Waals surface area contributed by atoms with E-state index in [0.717, 1.165) is 11.3 Å². The van der Waals surface area contributed by atoms with Crippen molar-refractivity contribution >= 4 is 17.6 Å². The lowest BCUT2D eigenvalue weighted by atomic mass is 10.1. The van der Waals surface area contributed by atoms with Crippen molar-refractivity contribution in [2.24, 2.45) is 0 Å². The molecule has 180 valence electrons. The van der Waals surface area contributed by atoms with Gasteiger partial charge in [0, 0.05) is 29.9 Å². The van der Waals surface area contributed by atoms with Gasteiger partial charge in [-0.2, -0.15) is 5.10 Å². The summed E-state index contributed by atoms with van der Waals surface area (Å²) in [7, 11) is 4.60. The number of urea groups is 1. The highest BCUT2D eigenvalue weighted by molar-refractivity contribution is 5.94. The molecule has 3 amide bonds. The van der Waals surface area contributed by atoms with E-state index in [1.54, 1.807) is 23.1 Å². The van der Waals surface area contributed by atoms with Gasteiger partial charge in [0.05, 0.1) is 33.6 Å². The number of benzene rings is 2. The molecule has 10 nitrogen and oxygen atoms in total. The predicted octanol–water partition coefficient (Wildman–Crippen LogP) is 2.41. The third-order valence-electron chi connectivity index (χ3n) is 5.39. The Labute approximate surface area is 202 Å². The molecule has 3 N–H and O–H groups in total. The Morgan fingerprint density at radius 3 is 2.40 bits per heavy atom. The molecular weight excluding hydrogens is 450 g/mol. The Bertz CT molecular complexity index is 1260. The van der Waals surface area contributed by atoms with Gasteiger partial charge < -0.3 is 24.8 Å². The largest absolute Gasteiger partial charge is 0.493 e. The molecule has 2 heterocycles. The Balaban J connectivity index is 1.37. The quantitative estimate of drug-likeness (QED) is 0.452. The van der Waals surface area contributed by atoms with Gasteiger partial charge in [-0.05, 0) is 42.5 Å². The number of carbonyl (C=O) groups is 2. The van der Waals surface area contributed by atoms with Gasteiger partial charge in [0.25, 0.3) is 5.91 Å². The fourth-order valence-electron chi connectivity index (χ4n) is 3.62. The van der Waals surface area contributed by atoms with Crippen LogP contribution in [0.2, 0.25) is 0 Å². The zero-order valence-electron chi connectivity index (χ0n) is 19.6. The zero-order chi connectivity index (χ0) is 24.8. The maximum atomic E-state index is 12.5. The highest BCUT2D eigenvalue weighted by Crippen LogP contribution is 2.40. The number of hydrogen-bond donors (Lipinski definition) is 3. The average molecular weight is 476 g/mol. The summed E-state index contributed by atoms with van der Waals surface area (Å²) in [6.07, 6.45) is 0. The average Bonchev–Trinajstić information content (AvgIpc) is 3.55. The topological polar surface area (TPSA) is 118 Å². The van der Waals surface area contributed by atoms with Gasteiger partial charge in [-0.3, -0.25) is 14.8 Å². The summed E-state index contributed by atoms with van der Waals surface area (Å²) in [6.45, 7) is 1.44. The van der Waals surface area contributed by atoms with E-state index in [4.69, 9.17) is 14.2 Å². The smallest absolute Gasteiger partial charge is 0.321 e. The monoisotopic (exact) mass is 475 g/mol. The van der Waals surface area contributed by atoms with E-state index in [-0.39, 0.29) is 18.5 Å². The third kappa shape index (κ3) is 5.14. The van der Waals surface area contributed by atoms with Crippen molar-refractivity contribution in [3.8, 4) is 40.3 Å². The Morgan fingerprint density at radius 1 is 1.09 bits per heavy atom. The summed E-state index contributed by atoms with van der Waals surface area (Å²) >= 11 is 0. The lowest BCUT2D eigenvalue weighted by Gasteiger charge is -2.13. The van der Waals surface area contributed by atoms with E-state index in [9.17, 15) is 9.59 Å². The molecule has 0 saturated carbocycles. The van der Waals surface area contributed by atoms with Crippen molar-refractivity contribution in [2.45, 2.75) is 0 Å². The van der Waals surface area contributed by atoms with Gasteiger partial charge in [-0.1, -0.05) is 11.8 Å². The summed E-state index contributed by atoms with van der Waals surface area (Å²) in [5, 5.41) is 12.5. The van der Waals surface area contributed by atoms with Crippen LogP contribution in [-0.2, 0) is 0 Å². The first kappa shape index (κ1) is 23.5. The summed E-state index contributed by atoms with van der Waals surface area (Å²) in [5.74, 6) is 7.04. The predicted molar refractivity (Wildman–Crippen MR) is 130 cm³/mol. The third-order valence-corrected chi connectivity index (χ3v) is 5.39. The molecule has 4 rings (SSSR count). The molecule has 0 aliphatic carbocycles. The molecule has 0 atom stereocenters. The number of ether oxygens (including phenoxy) is 3. The van der Waals surface area contributed by atoms with Crippen molar-refractivity contribution in [1.82, 2.24) is 20.8 Å². The highest BCUT2D eigenvalue weighted by atomic mass is 16.5.